The fourth-order valence-corrected chi connectivity index (χ4v) is 2.08. The van der Waals surface area contributed by atoms with Crippen LogP contribution in [0.3, 0.4) is 0 Å². The second kappa shape index (κ2) is 4.65. The maximum absolute atomic E-state index is 5.59. The van der Waals surface area contributed by atoms with Crippen molar-refractivity contribution in [3.63, 3.8) is 0 Å². The molecule has 1 aromatic heterocycles. The van der Waals surface area contributed by atoms with Crippen molar-refractivity contribution in [2.75, 3.05) is 31.2 Å². The smallest absolute Gasteiger partial charge is 0.221 e. The van der Waals surface area contributed by atoms with E-state index in [0.717, 1.165) is 17.9 Å². The van der Waals surface area contributed by atoms with Crippen LogP contribution in [0.1, 0.15) is 18.4 Å². The SMILES string of the molecule is Cc1cnc(N)nc1NC1CCCN(C)C1. The molecule has 1 aromatic rings. The predicted molar refractivity (Wildman–Crippen MR) is 65.3 cm³/mol. The molecule has 1 aliphatic heterocycles. The Morgan fingerprint density at radius 1 is 1.56 bits per heavy atom. The molecule has 1 unspecified atom stereocenters. The average Bonchev–Trinajstić information content (AvgIpc) is 2.24. The van der Waals surface area contributed by atoms with Crippen molar-refractivity contribution in [2.24, 2.45) is 0 Å². The van der Waals surface area contributed by atoms with Crippen LogP contribution in [0.4, 0.5) is 11.8 Å². The van der Waals surface area contributed by atoms with Crippen molar-refractivity contribution in [3.05, 3.63) is 11.8 Å². The summed E-state index contributed by atoms with van der Waals surface area (Å²) in [5.41, 5.74) is 6.63. The zero-order valence-electron chi connectivity index (χ0n) is 9.90. The molecule has 2 heterocycles. The van der Waals surface area contributed by atoms with Crippen LogP contribution in [-0.4, -0.2) is 41.0 Å². The Morgan fingerprint density at radius 3 is 3.12 bits per heavy atom. The monoisotopic (exact) mass is 221 g/mol. The van der Waals surface area contributed by atoms with Gasteiger partial charge in [0.15, 0.2) is 0 Å². The molecule has 0 saturated carbocycles. The van der Waals surface area contributed by atoms with Crippen LogP contribution in [0.5, 0.6) is 0 Å². The Morgan fingerprint density at radius 2 is 2.38 bits per heavy atom. The van der Waals surface area contributed by atoms with Crippen LogP contribution in [0.2, 0.25) is 0 Å². The molecule has 1 aliphatic rings. The van der Waals surface area contributed by atoms with E-state index in [-0.39, 0.29) is 0 Å². The summed E-state index contributed by atoms with van der Waals surface area (Å²) in [5, 5.41) is 3.45. The average molecular weight is 221 g/mol. The van der Waals surface area contributed by atoms with E-state index in [4.69, 9.17) is 5.73 Å². The normalized spacial score (nSPS) is 22.0. The zero-order valence-corrected chi connectivity index (χ0v) is 9.90. The second-order valence-electron chi connectivity index (χ2n) is 4.51. The Bertz CT molecular complexity index is 365. The van der Waals surface area contributed by atoms with Gasteiger partial charge in [-0.25, -0.2) is 4.98 Å². The van der Waals surface area contributed by atoms with Crippen LogP contribution < -0.4 is 11.1 Å². The van der Waals surface area contributed by atoms with Gasteiger partial charge < -0.3 is 16.0 Å². The lowest BCUT2D eigenvalue weighted by atomic mass is 10.1. The van der Waals surface area contributed by atoms with Gasteiger partial charge in [0.1, 0.15) is 5.82 Å². The molecule has 5 nitrogen and oxygen atoms in total. The molecule has 1 saturated heterocycles. The number of hydrogen-bond donors (Lipinski definition) is 2. The van der Waals surface area contributed by atoms with Crippen LogP contribution in [0.25, 0.3) is 0 Å². The predicted octanol–water partition coefficient (Wildman–Crippen LogP) is 0.873. The molecule has 1 atom stereocenters. The number of nitrogen functional groups attached to an aromatic ring is 1. The lowest BCUT2D eigenvalue weighted by molar-refractivity contribution is 0.260. The molecule has 5 heteroatoms. The minimum absolute atomic E-state index is 0.331. The summed E-state index contributed by atoms with van der Waals surface area (Å²) in [6.07, 6.45) is 4.18. The maximum Gasteiger partial charge on any atom is 0.221 e. The number of rotatable bonds is 2. The first-order valence-corrected chi connectivity index (χ1v) is 5.69. The van der Waals surface area contributed by atoms with E-state index < -0.39 is 0 Å². The minimum Gasteiger partial charge on any atom is -0.368 e. The van der Waals surface area contributed by atoms with Crippen molar-refractivity contribution in [1.29, 1.82) is 0 Å². The minimum atomic E-state index is 0.331. The Kier molecular flexibility index (Phi) is 3.24. The number of aryl methyl sites for hydroxylation is 1. The molecule has 0 radical (unpaired) electrons. The van der Waals surface area contributed by atoms with Crippen LogP contribution >= 0.6 is 0 Å². The highest BCUT2D eigenvalue weighted by atomic mass is 15.2. The van der Waals surface area contributed by atoms with E-state index in [9.17, 15) is 0 Å². The lowest BCUT2D eigenvalue weighted by Gasteiger charge is -2.30. The summed E-state index contributed by atoms with van der Waals surface area (Å²) in [7, 11) is 2.15. The fraction of sp³-hybridized carbons (Fsp3) is 0.636. The van der Waals surface area contributed by atoms with E-state index in [0.29, 0.717) is 12.0 Å². The molecule has 0 spiro atoms. The molecule has 16 heavy (non-hydrogen) atoms. The van der Waals surface area contributed by atoms with E-state index in [1.807, 2.05) is 6.92 Å². The van der Waals surface area contributed by atoms with E-state index in [1.54, 1.807) is 6.20 Å². The first-order valence-electron chi connectivity index (χ1n) is 5.69. The molecular formula is C11H19N5. The third-order valence-electron chi connectivity index (χ3n) is 2.96. The van der Waals surface area contributed by atoms with Gasteiger partial charge in [-0.05, 0) is 33.4 Å². The van der Waals surface area contributed by atoms with Gasteiger partial charge in [-0.2, -0.15) is 4.98 Å². The number of likely N-dealkylation sites (tertiary alicyclic amines) is 1. The van der Waals surface area contributed by atoms with Crippen LogP contribution in [0, 0.1) is 6.92 Å². The molecule has 0 aromatic carbocycles. The number of aromatic nitrogens is 2. The second-order valence-corrected chi connectivity index (χ2v) is 4.51. The molecule has 0 bridgehead atoms. The van der Waals surface area contributed by atoms with Crippen molar-refractivity contribution in [1.82, 2.24) is 14.9 Å². The topological polar surface area (TPSA) is 67.1 Å². The lowest BCUT2D eigenvalue weighted by Crippen LogP contribution is -2.40. The van der Waals surface area contributed by atoms with Crippen molar-refractivity contribution >= 4 is 11.8 Å². The molecular weight excluding hydrogens is 202 g/mol. The van der Waals surface area contributed by atoms with Crippen molar-refractivity contribution in [3.8, 4) is 0 Å². The van der Waals surface area contributed by atoms with Crippen molar-refractivity contribution < 1.29 is 0 Å². The van der Waals surface area contributed by atoms with E-state index in [1.165, 1.54) is 19.4 Å². The summed E-state index contributed by atoms with van der Waals surface area (Å²) in [6, 6.07) is 0.465. The van der Waals surface area contributed by atoms with Crippen LogP contribution in [0.15, 0.2) is 6.20 Å². The molecule has 2 rings (SSSR count). The standard InChI is InChI=1S/C11H19N5/c1-8-6-13-11(12)15-10(8)14-9-4-3-5-16(2)7-9/h6,9H,3-5,7H2,1-2H3,(H3,12,13,14,15). The third-order valence-corrected chi connectivity index (χ3v) is 2.96. The van der Waals surface area contributed by atoms with Gasteiger partial charge >= 0.3 is 0 Å². The zero-order chi connectivity index (χ0) is 11.5. The number of nitrogens with two attached hydrogens (primary N) is 1. The van der Waals surface area contributed by atoms with E-state index >= 15 is 0 Å². The third kappa shape index (κ3) is 2.61. The summed E-state index contributed by atoms with van der Waals surface area (Å²) >= 11 is 0. The Labute approximate surface area is 96.1 Å². The van der Waals surface area contributed by atoms with Gasteiger partial charge in [-0.15, -0.1) is 0 Å². The Hall–Kier alpha value is -1.36. The summed E-state index contributed by atoms with van der Waals surface area (Å²) in [4.78, 5) is 10.5. The quantitative estimate of drug-likeness (QED) is 0.775. The van der Waals surface area contributed by atoms with Gasteiger partial charge in [-0.3, -0.25) is 0 Å². The molecule has 0 amide bonds. The molecule has 1 fully saturated rings. The van der Waals surface area contributed by atoms with Gasteiger partial charge in [0.2, 0.25) is 5.95 Å². The number of nitrogens with one attached hydrogen (secondary N) is 1. The fourth-order valence-electron chi connectivity index (χ4n) is 2.08. The van der Waals surface area contributed by atoms with Crippen LogP contribution in [-0.2, 0) is 0 Å². The van der Waals surface area contributed by atoms with Crippen molar-refractivity contribution in [2.45, 2.75) is 25.8 Å². The van der Waals surface area contributed by atoms with E-state index in [2.05, 4.69) is 27.2 Å². The summed E-state index contributed by atoms with van der Waals surface area (Å²) in [6.45, 7) is 4.24. The highest BCUT2D eigenvalue weighted by Crippen LogP contribution is 2.16. The number of hydrogen-bond acceptors (Lipinski definition) is 5. The summed E-state index contributed by atoms with van der Waals surface area (Å²) < 4.78 is 0. The number of nitrogens with zero attached hydrogens (tertiary/aromatic N) is 3. The summed E-state index contributed by atoms with van der Waals surface area (Å²) in [5.74, 6) is 1.20. The Balaban J connectivity index is 2.05. The molecule has 0 aliphatic carbocycles. The number of anilines is 2. The van der Waals surface area contributed by atoms with Gasteiger partial charge in [0, 0.05) is 24.3 Å². The highest BCUT2D eigenvalue weighted by molar-refractivity contribution is 5.45. The van der Waals surface area contributed by atoms with Gasteiger partial charge in [-0.1, -0.05) is 0 Å². The first-order chi connectivity index (χ1) is 7.65. The molecule has 88 valence electrons. The van der Waals surface area contributed by atoms with Gasteiger partial charge in [0.25, 0.3) is 0 Å². The number of likely N-dealkylation sites (N-methyl/N-ethyl adjacent to an activating group) is 1. The molecule has 3 N–H and O–H groups in total. The largest absolute Gasteiger partial charge is 0.368 e. The highest BCUT2D eigenvalue weighted by Gasteiger charge is 2.17. The number of piperidine rings is 1. The first kappa shape index (κ1) is 11.1. The maximum atomic E-state index is 5.59. The van der Waals surface area contributed by atoms with Gasteiger partial charge in [0.05, 0.1) is 0 Å².